The van der Waals surface area contributed by atoms with Crippen LogP contribution >= 0.6 is 0 Å². The molecule has 110 valence electrons. The predicted octanol–water partition coefficient (Wildman–Crippen LogP) is 2.74. The number of rotatable bonds is 1. The molecule has 1 aromatic heterocycles. The second-order valence-electron chi connectivity index (χ2n) is 4.73. The van der Waals surface area contributed by atoms with Crippen LogP contribution in [-0.4, -0.2) is 23.3 Å². The van der Waals surface area contributed by atoms with Gasteiger partial charge in [-0.1, -0.05) is 18.2 Å². The molecule has 1 aromatic carbocycles. The van der Waals surface area contributed by atoms with Gasteiger partial charge in [-0.15, -0.1) is 10.2 Å². The van der Waals surface area contributed by atoms with Crippen LogP contribution in [0, 0.1) is 0 Å². The van der Waals surface area contributed by atoms with Gasteiger partial charge in [-0.25, -0.2) is 0 Å². The summed E-state index contributed by atoms with van der Waals surface area (Å²) in [4.78, 5) is 1.88. The number of benzene rings is 1. The van der Waals surface area contributed by atoms with Crippen molar-refractivity contribution >= 4 is 11.5 Å². The SMILES string of the molecule is FC(F)(F)c1ccc(N2CCNCc3ccccc32)nn1. The predicted molar refractivity (Wildman–Crippen MR) is 72.2 cm³/mol. The highest BCUT2D eigenvalue weighted by atomic mass is 19.4. The second-order valence-corrected chi connectivity index (χ2v) is 4.73. The molecule has 0 amide bonds. The first-order valence-electron chi connectivity index (χ1n) is 6.53. The Morgan fingerprint density at radius 3 is 2.57 bits per heavy atom. The molecule has 0 saturated carbocycles. The van der Waals surface area contributed by atoms with Gasteiger partial charge >= 0.3 is 6.18 Å². The number of hydrogen-bond donors (Lipinski definition) is 1. The zero-order chi connectivity index (χ0) is 14.9. The van der Waals surface area contributed by atoms with Crippen molar-refractivity contribution in [3.05, 3.63) is 47.7 Å². The Morgan fingerprint density at radius 2 is 1.86 bits per heavy atom. The van der Waals surface area contributed by atoms with E-state index in [0.29, 0.717) is 12.4 Å². The number of nitrogens with one attached hydrogen (secondary N) is 1. The lowest BCUT2D eigenvalue weighted by Crippen LogP contribution is -2.25. The summed E-state index contributed by atoms with van der Waals surface area (Å²) in [6.07, 6.45) is -4.47. The van der Waals surface area contributed by atoms with Gasteiger partial charge in [-0.05, 0) is 23.8 Å². The molecular weight excluding hydrogens is 281 g/mol. The largest absolute Gasteiger partial charge is 0.435 e. The van der Waals surface area contributed by atoms with E-state index in [4.69, 9.17) is 0 Å². The molecule has 0 bridgehead atoms. The van der Waals surface area contributed by atoms with E-state index in [2.05, 4.69) is 15.5 Å². The van der Waals surface area contributed by atoms with Crippen molar-refractivity contribution in [2.24, 2.45) is 0 Å². The standard InChI is InChI=1S/C14H13F3N4/c15-14(16,17)12-5-6-13(20-19-12)21-8-7-18-9-10-3-1-2-4-11(10)21/h1-6,18H,7-9H2. The first kappa shape index (κ1) is 13.8. The third-order valence-electron chi connectivity index (χ3n) is 3.33. The van der Waals surface area contributed by atoms with E-state index in [1.165, 1.54) is 6.07 Å². The van der Waals surface area contributed by atoms with E-state index >= 15 is 0 Å². The lowest BCUT2D eigenvalue weighted by Gasteiger charge is -2.23. The van der Waals surface area contributed by atoms with Crippen LogP contribution in [0.3, 0.4) is 0 Å². The summed E-state index contributed by atoms with van der Waals surface area (Å²) in [5, 5.41) is 10.3. The minimum absolute atomic E-state index is 0.416. The van der Waals surface area contributed by atoms with Crippen LogP contribution in [0.2, 0.25) is 0 Å². The minimum atomic E-state index is -4.47. The molecule has 0 saturated heterocycles. The van der Waals surface area contributed by atoms with Crippen LogP contribution < -0.4 is 10.2 Å². The van der Waals surface area contributed by atoms with Crippen LogP contribution in [0.4, 0.5) is 24.7 Å². The number of para-hydroxylation sites is 1. The van der Waals surface area contributed by atoms with Crippen molar-refractivity contribution in [1.29, 1.82) is 0 Å². The lowest BCUT2D eigenvalue weighted by atomic mass is 10.1. The summed E-state index contributed by atoms with van der Waals surface area (Å²) >= 11 is 0. The Kier molecular flexibility index (Phi) is 3.50. The number of hydrogen-bond acceptors (Lipinski definition) is 4. The van der Waals surface area contributed by atoms with Crippen LogP contribution in [0.5, 0.6) is 0 Å². The van der Waals surface area contributed by atoms with Gasteiger partial charge in [0.1, 0.15) is 0 Å². The molecular formula is C14H13F3N4. The van der Waals surface area contributed by atoms with Crippen molar-refractivity contribution in [2.45, 2.75) is 12.7 Å². The van der Waals surface area contributed by atoms with E-state index in [0.717, 1.165) is 30.4 Å². The zero-order valence-corrected chi connectivity index (χ0v) is 11.1. The molecule has 0 spiro atoms. The number of aromatic nitrogens is 2. The Hall–Kier alpha value is -2.15. The molecule has 1 aliphatic heterocycles. The fraction of sp³-hybridized carbons (Fsp3) is 0.286. The Morgan fingerprint density at radius 1 is 1.05 bits per heavy atom. The maximum absolute atomic E-state index is 12.5. The molecule has 0 fully saturated rings. The molecule has 21 heavy (non-hydrogen) atoms. The molecule has 0 atom stereocenters. The molecule has 0 radical (unpaired) electrons. The van der Waals surface area contributed by atoms with E-state index in [1.807, 2.05) is 29.2 Å². The van der Waals surface area contributed by atoms with E-state index in [1.54, 1.807) is 0 Å². The Balaban J connectivity index is 1.96. The molecule has 1 aliphatic rings. The van der Waals surface area contributed by atoms with Gasteiger partial charge in [-0.2, -0.15) is 13.2 Å². The first-order chi connectivity index (χ1) is 10.1. The average molecular weight is 294 g/mol. The normalized spacial score (nSPS) is 15.5. The van der Waals surface area contributed by atoms with Gasteiger partial charge in [-0.3, -0.25) is 0 Å². The maximum Gasteiger partial charge on any atom is 0.435 e. The van der Waals surface area contributed by atoms with Crippen molar-refractivity contribution in [3.63, 3.8) is 0 Å². The minimum Gasteiger partial charge on any atom is -0.323 e. The fourth-order valence-electron chi connectivity index (χ4n) is 2.32. The summed E-state index contributed by atoms with van der Waals surface area (Å²) < 4.78 is 37.6. The van der Waals surface area contributed by atoms with Crippen molar-refractivity contribution in [2.75, 3.05) is 18.0 Å². The van der Waals surface area contributed by atoms with E-state index < -0.39 is 11.9 Å². The third kappa shape index (κ3) is 2.82. The fourth-order valence-corrected chi connectivity index (χ4v) is 2.32. The first-order valence-corrected chi connectivity index (χ1v) is 6.53. The van der Waals surface area contributed by atoms with E-state index in [9.17, 15) is 13.2 Å². The highest BCUT2D eigenvalue weighted by Crippen LogP contribution is 2.31. The second kappa shape index (κ2) is 5.33. The highest BCUT2D eigenvalue weighted by molar-refractivity contribution is 5.64. The molecule has 1 N–H and O–H groups in total. The molecule has 7 heteroatoms. The summed E-state index contributed by atoms with van der Waals surface area (Å²) in [5.74, 6) is 0.416. The number of anilines is 2. The Labute approximate surface area is 119 Å². The average Bonchev–Trinajstić information content (AvgIpc) is 2.69. The number of fused-ring (bicyclic) bond motifs is 1. The number of nitrogens with zero attached hydrogens (tertiary/aromatic N) is 3. The maximum atomic E-state index is 12.5. The molecule has 3 rings (SSSR count). The van der Waals surface area contributed by atoms with Crippen LogP contribution in [0.15, 0.2) is 36.4 Å². The summed E-state index contributed by atoms with van der Waals surface area (Å²) in [7, 11) is 0. The Bertz CT molecular complexity index is 625. The lowest BCUT2D eigenvalue weighted by molar-refractivity contribution is -0.141. The smallest absolute Gasteiger partial charge is 0.323 e. The summed E-state index contributed by atoms with van der Waals surface area (Å²) in [6, 6.07) is 10.1. The van der Waals surface area contributed by atoms with Crippen molar-refractivity contribution in [3.8, 4) is 0 Å². The van der Waals surface area contributed by atoms with Crippen LogP contribution in [0.1, 0.15) is 11.3 Å². The molecule has 2 heterocycles. The van der Waals surface area contributed by atoms with Gasteiger partial charge in [0, 0.05) is 25.3 Å². The third-order valence-corrected chi connectivity index (χ3v) is 3.33. The molecule has 2 aromatic rings. The van der Waals surface area contributed by atoms with Crippen molar-refractivity contribution < 1.29 is 13.2 Å². The monoisotopic (exact) mass is 294 g/mol. The number of halogens is 3. The number of alkyl halides is 3. The van der Waals surface area contributed by atoms with Gasteiger partial charge in [0.05, 0.1) is 0 Å². The van der Waals surface area contributed by atoms with E-state index in [-0.39, 0.29) is 0 Å². The van der Waals surface area contributed by atoms with Gasteiger partial charge in [0.15, 0.2) is 11.5 Å². The van der Waals surface area contributed by atoms with Gasteiger partial charge < -0.3 is 10.2 Å². The van der Waals surface area contributed by atoms with Crippen molar-refractivity contribution in [1.82, 2.24) is 15.5 Å². The molecule has 4 nitrogen and oxygen atoms in total. The highest BCUT2D eigenvalue weighted by Gasteiger charge is 2.33. The zero-order valence-electron chi connectivity index (χ0n) is 11.1. The molecule has 0 aliphatic carbocycles. The summed E-state index contributed by atoms with van der Waals surface area (Å²) in [5.41, 5.74) is 1.04. The van der Waals surface area contributed by atoms with Gasteiger partial charge in [0.25, 0.3) is 0 Å². The van der Waals surface area contributed by atoms with Crippen LogP contribution in [-0.2, 0) is 12.7 Å². The van der Waals surface area contributed by atoms with Crippen LogP contribution in [0.25, 0.3) is 0 Å². The topological polar surface area (TPSA) is 41.0 Å². The quantitative estimate of drug-likeness (QED) is 0.878. The molecule has 0 unspecified atom stereocenters. The summed E-state index contributed by atoms with van der Waals surface area (Å²) in [6.45, 7) is 2.06. The van der Waals surface area contributed by atoms with Gasteiger partial charge in [0.2, 0.25) is 0 Å².